The van der Waals surface area contributed by atoms with Gasteiger partial charge < -0.3 is 9.47 Å². The predicted octanol–water partition coefficient (Wildman–Crippen LogP) is 2.27. The molecular weight excluding hydrogens is 224 g/mol. The van der Waals surface area contributed by atoms with E-state index in [0.29, 0.717) is 18.4 Å². The second-order valence-electron chi connectivity index (χ2n) is 4.33. The second kappa shape index (κ2) is 6.74. The monoisotopic (exact) mass is 244 g/mol. The molecule has 0 bridgehead atoms. The minimum atomic E-state index is -0.909. The predicted molar refractivity (Wildman–Crippen MR) is 61.3 cm³/mol. The van der Waals surface area contributed by atoms with E-state index in [4.69, 9.17) is 14.7 Å². The highest BCUT2D eigenvalue weighted by Gasteiger charge is 2.34. The molecule has 0 amide bonds. The molecule has 0 aromatic rings. The molecule has 98 valence electrons. The quantitative estimate of drug-likeness (QED) is 0.194. The maximum atomic E-state index is 11.1. The molecule has 0 spiro atoms. The fourth-order valence-electron chi connectivity index (χ4n) is 1.84. The maximum absolute atomic E-state index is 11.1. The van der Waals surface area contributed by atoms with E-state index in [0.717, 1.165) is 19.3 Å². The van der Waals surface area contributed by atoms with Crippen molar-refractivity contribution in [2.45, 2.75) is 44.8 Å². The molecule has 0 unspecified atom stereocenters. The first-order chi connectivity index (χ1) is 8.09. The van der Waals surface area contributed by atoms with Gasteiger partial charge in [-0.3, -0.25) is 0 Å². The summed E-state index contributed by atoms with van der Waals surface area (Å²) in [7, 11) is 0. The fraction of sp³-hybridized carbons (Fsp3) is 0.750. The number of rotatable bonds is 6. The van der Waals surface area contributed by atoms with Gasteiger partial charge in [-0.15, -0.1) is 0 Å². The van der Waals surface area contributed by atoms with Crippen molar-refractivity contribution in [1.29, 1.82) is 0 Å². The lowest BCUT2D eigenvalue weighted by atomic mass is 9.94. The minimum absolute atomic E-state index is 0.136. The van der Waals surface area contributed by atoms with Crippen LogP contribution in [0.2, 0.25) is 0 Å². The van der Waals surface area contributed by atoms with Crippen LogP contribution in [-0.4, -0.2) is 30.2 Å². The molecule has 0 atom stereocenters. The van der Waals surface area contributed by atoms with Gasteiger partial charge in [0.25, 0.3) is 0 Å². The van der Waals surface area contributed by atoms with Crippen LogP contribution >= 0.6 is 0 Å². The third kappa shape index (κ3) is 4.46. The minimum Gasteiger partial charge on any atom is -0.460 e. The average molecular weight is 244 g/mol. The third-order valence-corrected chi connectivity index (χ3v) is 2.81. The SMILES string of the molecule is C=C(C)C(=O)OCCOC1(OO)CCCCC1. The molecule has 1 aliphatic rings. The van der Waals surface area contributed by atoms with Crippen LogP contribution in [0.25, 0.3) is 0 Å². The van der Waals surface area contributed by atoms with E-state index in [1.807, 2.05) is 0 Å². The average Bonchev–Trinajstić information content (AvgIpc) is 2.35. The van der Waals surface area contributed by atoms with Crippen LogP contribution in [0.1, 0.15) is 39.0 Å². The van der Waals surface area contributed by atoms with Crippen molar-refractivity contribution >= 4 is 5.97 Å². The Kier molecular flexibility index (Phi) is 5.61. The number of ether oxygens (including phenoxy) is 2. The van der Waals surface area contributed by atoms with Gasteiger partial charge in [-0.05, 0) is 19.8 Å². The molecule has 1 N–H and O–H groups in total. The van der Waals surface area contributed by atoms with Crippen LogP contribution in [0.5, 0.6) is 0 Å². The summed E-state index contributed by atoms with van der Waals surface area (Å²) in [5.41, 5.74) is 0.357. The van der Waals surface area contributed by atoms with Gasteiger partial charge in [0.2, 0.25) is 5.79 Å². The fourth-order valence-corrected chi connectivity index (χ4v) is 1.84. The van der Waals surface area contributed by atoms with Gasteiger partial charge in [-0.1, -0.05) is 13.0 Å². The van der Waals surface area contributed by atoms with E-state index < -0.39 is 11.8 Å². The normalized spacial score (nSPS) is 18.7. The first-order valence-corrected chi connectivity index (χ1v) is 5.89. The van der Waals surface area contributed by atoms with E-state index in [1.165, 1.54) is 0 Å². The van der Waals surface area contributed by atoms with Crippen LogP contribution in [0.3, 0.4) is 0 Å². The lowest BCUT2D eigenvalue weighted by molar-refractivity contribution is -0.412. The molecule has 0 aliphatic heterocycles. The Bertz CT molecular complexity index is 268. The van der Waals surface area contributed by atoms with Crippen molar-refractivity contribution in [2.24, 2.45) is 0 Å². The Morgan fingerprint density at radius 1 is 1.29 bits per heavy atom. The summed E-state index contributed by atoms with van der Waals surface area (Å²) in [6.45, 7) is 5.40. The first-order valence-electron chi connectivity index (χ1n) is 5.89. The first kappa shape index (κ1) is 14.2. The lowest BCUT2D eigenvalue weighted by Crippen LogP contribution is -2.38. The summed E-state index contributed by atoms with van der Waals surface area (Å²) in [5, 5.41) is 8.89. The molecule has 5 nitrogen and oxygen atoms in total. The molecule has 0 aromatic heterocycles. The van der Waals surface area contributed by atoms with Gasteiger partial charge in [0, 0.05) is 18.4 Å². The number of hydrogen-bond acceptors (Lipinski definition) is 5. The van der Waals surface area contributed by atoms with Crippen molar-refractivity contribution in [3.63, 3.8) is 0 Å². The van der Waals surface area contributed by atoms with Gasteiger partial charge in [0.15, 0.2) is 0 Å². The third-order valence-electron chi connectivity index (χ3n) is 2.81. The molecule has 0 aromatic carbocycles. The largest absolute Gasteiger partial charge is 0.460 e. The summed E-state index contributed by atoms with van der Waals surface area (Å²) in [5.74, 6) is -1.34. The zero-order valence-corrected chi connectivity index (χ0v) is 10.2. The number of carbonyl (C=O) groups excluding carboxylic acids is 1. The Morgan fingerprint density at radius 2 is 1.94 bits per heavy atom. The zero-order chi connectivity index (χ0) is 12.7. The summed E-state index contributed by atoms with van der Waals surface area (Å²) >= 11 is 0. The summed E-state index contributed by atoms with van der Waals surface area (Å²) in [6, 6.07) is 0. The highest BCUT2D eigenvalue weighted by atomic mass is 17.1. The van der Waals surface area contributed by atoms with Gasteiger partial charge >= 0.3 is 5.97 Å². The van der Waals surface area contributed by atoms with Gasteiger partial charge in [0.1, 0.15) is 6.61 Å². The van der Waals surface area contributed by atoms with Crippen LogP contribution in [0.15, 0.2) is 12.2 Å². The van der Waals surface area contributed by atoms with Crippen molar-refractivity contribution in [1.82, 2.24) is 0 Å². The molecule has 1 saturated carbocycles. The molecule has 0 heterocycles. The van der Waals surface area contributed by atoms with Crippen LogP contribution in [0.4, 0.5) is 0 Å². The topological polar surface area (TPSA) is 65.0 Å². The van der Waals surface area contributed by atoms with Gasteiger partial charge in [-0.25, -0.2) is 14.9 Å². The molecule has 1 aliphatic carbocycles. The molecular formula is C12H20O5. The van der Waals surface area contributed by atoms with Gasteiger partial charge in [0.05, 0.1) is 6.61 Å². The summed E-state index contributed by atoms with van der Waals surface area (Å²) in [4.78, 5) is 15.5. The van der Waals surface area contributed by atoms with Crippen LogP contribution in [-0.2, 0) is 19.2 Å². The summed E-state index contributed by atoms with van der Waals surface area (Å²) in [6.07, 6.45) is 4.38. The highest BCUT2D eigenvalue weighted by Crippen LogP contribution is 2.31. The van der Waals surface area contributed by atoms with E-state index in [1.54, 1.807) is 6.92 Å². The maximum Gasteiger partial charge on any atom is 0.333 e. The highest BCUT2D eigenvalue weighted by molar-refractivity contribution is 5.86. The van der Waals surface area contributed by atoms with Crippen molar-refractivity contribution in [2.75, 3.05) is 13.2 Å². The van der Waals surface area contributed by atoms with Crippen molar-refractivity contribution in [3.05, 3.63) is 12.2 Å². The number of carbonyl (C=O) groups is 1. The summed E-state index contributed by atoms with van der Waals surface area (Å²) < 4.78 is 10.4. The Balaban J connectivity index is 2.24. The molecule has 0 saturated heterocycles. The smallest absolute Gasteiger partial charge is 0.333 e. The van der Waals surface area contributed by atoms with Crippen LogP contribution in [0, 0.1) is 0 Å². The molecule has 1 fully saturated rings. The molecule has 5 heteroatoms. The molecule has 1 rings (SSSR count). The molecule has 17 heavy (non-hydrogen) atoms. The van der Waals surface area contributed by atoms with E-state index in [-0.39, 0.29) is 13.2 Å². The lowest BCUT2D eigenvalue weighted by Gasteiger charge is -2.33. The zero-order valence-electron chi connectivity index (χ0n) is 10.2. The van der Waals surface area contributed by atoms with Crippen LogP contribution < -0.4 is 0 Å². The number of esters is 1. The van der Waals surface area contributed by atoms with Crippen molar-refractivity contribution < 1.29 is 24.4 Å². The van der Waals surface area contributed by atoms with E-state index >= 15 is 0 Å². The Morgan fingerprint density at radius 3 is 2.47 bits per heavy atom. The second-order valence-corrected chi connectivity index (χ2v) is 4.33. The Labute approximate surface area is 101 Å². The van der Waals surface area contributed by atoms with Crippen molar-refractivity contribution in [3.8, 4) is 0 Å². The Hall–Kier alpha value is -0.910. The van der Waals surface area contributed by atoms with E-state index in [2.05, 4.69) is 11.5 Å². The molecule has 0 radical (unpaired) electrons. The van der Waals surface area contributed by atoms with E-state index in [9.17, 15) is 4.79 Å². The standard InChI is InChI=1S/C12H20O5/c1-10(2)11(13)15-8-9-16-12(17-14)6-4-3-5-7-12/h14H,1,3-9H2,2H3. The number of hydrogen-bond donors (Lipinski definition) is 1. The van der Waals surface area contributed by atoms with Gasteiger partial charge in [-0.2, -0.15) is 0 Å².